The molecule has 0 unspecified atom stereocenters. The van der Waals surface area contributed by atoms with E-state index in [4.69, 9.17) is 4.42 Å². The fraction of sp³-hybridized carbons (Fsp3) is 0.167. The molecule has 1 rings (SSSR count). The van der Waals surface area contributed by atoms with Crippen LogP contribution in [0.4, 0.5) is 0 Å². The van der Waals surface area contributed by atoms with E-state index < -0.39 is 0 Å². The van der Waals surface area contributed by atoms with Crippen molar-refractivity contribution < 1.29 is 14.0 Å². The Morgan fingerprint density at radius 3 is 1.73 bits per heavy atom. The molecule has 0 saturated carbocycles. The highest BCUT2D eigenvalue weighted by Crippen LogP contribution is 2.13. The number of aldehydes is 2. The molecule has 1 heterocycles. The lowest BCUT2D eigenvalue weighted by molar-refractivity contribution is -0.105. The Hall–Kier alpha value is -1.90. The largest absolute Gasteiger partial charge is 0.457 e. The summed E-state index contributed by atoms with van der Waals surface area (Å²) in [4.78, 5) is 20.7. The Kier molecular flexibility index (Phi) is 3.80. The summed E-state index contributed by atoms with van der Waals surface area (Å²) in [6.07, 6.45) is 4.80. The van der Waals surface area contributed by atoms with Gasteiger partial charge >= 0.3 is 0 Å². The molecule has 15 heavy (non-hydrogen) atoms. The Morgan fingerprint density at radius 2 is 1.40 bits per heavy atom. The smallest absolute Gasteiger partial charge is 0.145 e. The van der Waals surface area contributed by atoms with Gasteiger partial charge in [-0.3, -0.25) is 9.59 Å². The standard InChI is InChI=1S/C12H12O3/c1-9(7-13)5-11-3-4-12(15-11)6-10(2)8-14/h3-8H,1-2H3/b9-5+,10-6+. The van der Waals surface area contributed by atoms with Crippen molar-refractivity contribution in [2.75, 3.05) is 0 Å². The Labute approximate surface area is 88.1 Å². The van der Waals surface area contributed by atoms with Gasteiger partial charge in [0.05, 0.1) is 0 Å². The summed E-state index contributed by atoms with van der Waals surface area (Å²) in [6, 6.07) is 3.49. The lowest BCUT2D eigenvalue weighted by atomic mass is 10.2. The number of carbonyl (C=O) groups is 2. The number of rotatable bonds is 4. The van der Waals surface area contributed by atoms with Crippen LogP contribution in [0.5, 0.6) is 0 Å². The van der Waals surface area contributed by atoms with Crippen molar-refractivity contribution in [3.05, 3.63) is 34.8 Å². The summed E-state index contributed by atoms with van der Waals surface area (Å²) in [5, 5.41) is 0. The first-order valence-electron chi connectivity index (χ1n) is 4.52. The summed E-state index contributed by atoms with van der Waals surface area (Å²) >= 11 is 0. The van der Waals surface area contributed by atoms with Gasteiger partial charge in [-0.2, -0.15) is 0 Å². The molecule has 3 nitrogen and oxygen atoms in total. The third kappa shape index (κ3) is 3.38. The predicted octanol–water partition coefficient (Wildman–Crippen LogP) is 2.48. The lowest BCUT2D eigenvalue weighted by Crippen LogP contribution is -1.75. The van der Waals surface area contributed by atoms with Gasteiger partial charge in [-0.15, -0.1) is 0 Å². The van der Waals surface area contributed by atoms with E-state index in [0.717, 1.165) is 12.6 Å². The zero-order chi connectivity index (χ0) is 11.3. The zero-order valence-electron chi connectivity index (χ0n) is 8.69. The van der Waals surface area contributed by atoms with Crippen LogP contribution in [-0.2, 0) is 9.59 Å². The topological polar surface area (TPSA) is 47.3 Å². The van der Waals surface area contributed by atoms with Gasteiger partial charge in [-0.05, 0) is 49.3 Å². The predicted molar refractivity (Wildman–Crippen MR) is 58.1 cm³/mol. The van der Waals surface area contributed by atoms with E-state index in [1.54, 1.807) is 38.1 Å². The third-order valence-corrected chi connectivity index (χ3v) is 1.76. The van der Waals surface area contributed by atoms with Gasteiger partial charge in [0.2, 0.25) is 0 Å². The van der Waals surface area contributed by atoms with Gasteiger partial charge in [0.15, 0.2) is 0 Å². The van der Waals surface area contributed by atoms with Crippen LogP contribution in [-0.4, -0.2) is 12.6 Å². The van der Waals surface area contributed by atoms with Crippen molar-refractivity contribution >= 4 is 24.7 Å². The van der Waals surface area contributed by atoms with Gasteiger partial charge in [0.1, 0.15) is 24.1 Å². The zero-order valence-corrected chi connectivity index (χ0v) is 8.69. The molecule has 0 saturated heterocycles. The first kappa shape index (κ1) is 11.2. The van der Waals surface area contributed by atoms with E-state index >= 15 is 0 Å². The molecule has 1 aromatic heterocycles. The average Bonchev–Trinajstić information content (AvgIpc) is 2.65. The monoisotopic (exact) mass is 204 g/mol. The SMILES string of the molecule is C/C(C=O)=C\c1ccc(/C=C(\C)C=O)o1. The molecule has 0 aliphatic rings. The summed E-state index contributed by atoms with van der Waals surface area (Å²) < 4.78 is 5.36. The highest BCUT2D eigenvalue weighted by Gasteiger charge is 1.98. The Morgan fingerprint density at radius 1 is 1.00 bits per heavy atom. The molecule has 0 spiro atoms. The van der Waals surface area contributed by atoms with E-state index in [1.165, 1.54) is 0 Å². The number of hydrogen-bond acceptors (Lipinski definition) is 3. The fourth-order valence-corrected chi connectivity index (χ4v) is 1.04. The summed E-state index contributed by atoms with van der Waals surface area (Å²) in [5.41, 5.74) is 1.18. The minimum atomic E-state index is 0.590. The number of carbonyl (C=O) groups excluding carboxylic acids is 2. The van der Waals surface area contributed by atoms with Crippen molar-refractivity contribution in [1.29, 1.82) is 0 Å². The number of furan rings is 1. The van der Waals surface area contributed by atoms with Crippen LogP contribution in [0.3, 0.4) is 0 Å². The second kappa shape index (κ2) is 5.10. The molecular weight excluding hydrogens is 192 g/mol. The summed E-state index contributed by atoms with van der Waals surface area (Å²) in [6.45, 7) is 3.39. The molecule has 78 valence electrons. The first-order chi connectivity index (χ1) is 7.15. The number of allylic oxidation sites excluding steroid dienone is 2. The Balaban J connectivity index is 2.90. The minimum absolute atomic E-state index is 0.590. The second-order valence-corrected chi connectivity index (χ2v) is 3.25. The molecular formula is C12H12O3. The van der Waals surface area contributed by atoms with E-state index in [0.29, 0.717) is 22.7 Å². The maximum absolute atomic E-state index is 10.4. The Bertz CT molecular complexity index is 383. The van der Waals surface area contributed by atoms with Gasteiger partial charge in [0.25, 0.3) is 0 Å². The first-order valence-corrected chi connectivity index (χ1v) is 4.52. The molecule has 0 fully saturated rings. The molecule has 0 N–H and O–H groups in total. The quantitative estimate of drug-likeness (QED) is 0.559. The third-order valence-electron chi connectivity index (χ3n) is 1.76. The van der Waals surface area contributed by atoms with Crippen LogP contribution in [0.25, 0.3) is 12.2 Å². The van der Waals surface area contributed by atoms with Gasteiger partial charge < -0.3 is 4.42 Å². The minimum Gasteiger partial charge on any atom is -0.457 e. The van der Waals surface area contributed by atoms with E-state index in [9.17, 15) is 9.59 Å². The lowest BCUT2D eigenvalue weighted by Gasteiger charge is -1.88. The van der Waals surface area contributed by atoms with Gasteiger partial charge in [-0.1, -0.05) is 0 Å². The molecule has 0 radical (unpaired) electrons. The normalized spacial score (nSPS) is 12.7. The van der Waals surface area contributed by atoms with Gasteiger partial charge in [-0.25, -0.2) is 0 Å². The van der Waals surface area contributed by atoms with E-state index in [-0.39, 0.29) is 0 Å². The average molecular weight is 204 g/mol. The highest BCUT2D eigenvalue weighted by atomic mass is 16.3. The molecule has 0 aliphatic carbocycles. The molecule has 3 heteroatoms. The van der Waals surface area contributed by atoms with Crippen LogP contribution in [0, 0.1) is 0 Å². The van der Waals surface area contributed by atoms with E-state index in [2.05, 4.69) is 0 Å². The molecule has 0 bridgehead atoms. The van der Waals surface area contributed by atoms with Gasteiger partial charge in [0, 0.05) is 0 Å². The van der Waals surface area contributed by atoms with Crippen molar-refractivity contribution in [2.45, 2.75) is 13.8 Å². The van der Waals surface area contributed by atoms with Crippen molar-refractivity contribution in [1.82, 2.24) is 0 Å². The number of hydrogen-bond donors (Lipinski definition) is 0. The molecule has 1 aromatic rings. The maximum Gasteiger partial charge on any atom is 0.145 e. The van der Waals surface area contributed by atoms with Crippen LogP contribution < -0.4 is 0 Å². The van der Waals surface area contributed by atoms with Crippen molar-refractivity contribution in [3.8, 4) is 0 Å². The van der Waals surface area contributed by atoms with Crippen LogP contribution in [0.15, 0.2) is 27.7 Å². The van der Waals surface area contributed by atoms with Crippen LogP contribution in [0.1, 0.15) is 25.4 Å². The van der Waals surface area contributed by atoms with E-state index in [1.807, 2.05) is 0 Å². The second-order valence-electron chi connectivity index (χ2n) is 3.25. The maximum atomic E-state index is 10.4. The molecule has 0 aromatic carbocycles. The highest BCUT2D eigenvalue weighted by molar-refractivity contribution is 5.81. The van der Waals surface area contributed by atoms with Crippen LogP contribution in [0.2, 0.25) is 0 Å². The molecule has 0 atom stereocenters. The summed E-state index contributed by atoms with van der Waals surface area (Å²) in [5.74, 6) is 1.20. The van der Waals surface area contributed by atoms with Crippen molar-refractivity contribution in [3.63, 3.8) is 0 Å². The fourth-order valence-electron chi connectivity index (χ4n) is 1.04. The van der Waals surface area contributed by atoms with Crippen molar-refractivity contribution in [2.24, 2.45) is 0 Å². The molecule has 0 aliphatic heterocycles. The van der Waals surface area contributed by atoms with Crippen LogP contribution >= 0.6 is 0 Å². The molecule has 0 amide bonds. The summed E-state index contributed by atoms with van der Waals surface area (Å²) in [7, 11) is 0.